The van der Waals surface area contributed by atoms with Crippen LogP contribution in [0.2, 0.25) is 5.02 Å². The molecule has 2 aromatic rings. The number of amides is 1. The maximum atomic E-state index is 13.1. The highest BCUT2D eigenvalue weighted by Gasteiger charge is 2.34. The molecular formula is C20H24ClN3O3. The molecule has 4 rings (SSSR count). The van der Waals surface area contributed by atoms with Gasteiger partial charge < -0.3 is 14.2 Å². The maximum absolute atomic E-state index is 13.1. The van der Waals surface area contributed by atoms with E-state index in [1.165, 1.54) is 0 Å². The molecule has 1 amide bonds. The summed E-state index contributed by atoms with van der Waals surface area (Å²) in [6.07, 6.45) is 2.40. The van der Waals surface area contributed by atoms with E-state index in [0.717, 1.165) is 30.0 Å². The smallest absolute Gasteiger partial charge is 0.230 e. The van der Waals surface area contributed by atoms with Gasteiger partial charge in [0, 0.05) is 35.5 Å². The molecule has 27 heavy (non-hydrogen) atoms. The molecule has 1 aromatic carbocycles. The number of piperidine rings is 1. The van der Waals surface area contributed by atoms with Crippen molar-refractivity contribution in [3.63, 3.8) is 0 Å². The number of ether oxygens (including phenoxy) is 1. The first-order valence-corrected chi connectivity index (χ1v) is 9.95. The molecule has 0 aliphatic carbocycles. The molecule has 0 saturated carbocycles. The molecule has 1 atom stereocenters. The SMILES string of the molecule is CC(C)c1nc(C2CCN(C(=O)C3CCOc4ccc(Cl)cc43)CC2)no1. The normalized spacial score (nSPS) is 20.4. The van der Waals surface area contributed by atoms with Crippen LogP contribution in [0.5, 0.6) is 5.75 Å². The van der Waals surface area contributed by atoms with E-state index in [2.05, 4.69) is 10.1 Å². The molecule has 1 aromatic heterocycles. The van der Waals surface area contributed by atoms with E-state index in [4.69, 9.17) is 20.9 Å². The first kappa shape index (κ1) is 18.3. The van der Waals surface area contributed by atoms with Gasteiger partial charge in [-0.15, -0.1) is 0 Å². The summed E-state index contributed by atoms with van der Waals surface area (Å²) in [5.41, 5.74) is 0.903. The van der Waals surface area contributed by atoms with Gasteiger partial charge in [0.25, 0.3) is 0 Å². The largest absolute Gasteiger partial charge is 0.493 e. The van der Waals surface area contributed by atoms with Crippen molar-refractivity contribution in [3.8, 4) is 5.75 Å². The molecule has 2 aliphatic rings. The number of carbonyl (C=O) groups excluding carboxylic acids is 1. The van der Waals surface area contributed by atoms with E-state index in [1.54, 1.807) is 6.07 Å². The van der Waals surface area contributed by atoms with Crippen molar-refractivity contribution in [2.24, 2.45) is 0 Å². The molecule has 3 heterocycles. The predicted octanol–water partition coefficient (Wildman–Crippen LogP) is 4.12. The standard InChI is InChI=1S/C20H24ClN3O3/c1-12(2)19-22-18(23-27-19)13-5-8-24(9-6-13)20(25)15-7-10-26-17-4-3-14(21)11-16(15)17/h3-4,11-13,15H,5-10H2,1-2H3. The molecule has 0 spiro atoms. The number of fused-ring (bicyclic) bond motifs is 1. The lowest BCUT2D eigenvalue weighted by molar-refractivity contribution is -0.134. The van der Waals surface area contributed by atoms with Gasteiger partial charge in [-0.05, 0) is 37.5 Å². The number of likely N-dealkylation sites (tertiary alicyclic amines) is 1. The number of aromatic nitrogens is 2. The van der Waals surface area contributed by atoms with Crippen LogP contribution in [0.25, 0.3) is 0 Å². The molecule has 0 bridgehead atoms. The van der Waals surface area contributed by atoms with Gasteiger partial charge in [0.05, 0.1) is 12.5 Å². The fraction of sp³-hybridized carbons (Fsp3) is 0.550. The second-order valence-electron chi connectivity index (χ2n) is 7.62. The summed E-state index contributed by atoms with van der Waals surface area (Å²) >= 11 is 6.14. The van der Waals surface area contributed by atoms with E-state index < -0.39 is 0 Å². The van der Waals surface area contributed by atoms with Crippen LogP contribution in [0.15, 0.2) is 22.7 Å². The van der Waals surface area contributed by atoms with Crippen molar-refractivity contribution in [2.75, 3.05) is 19.7 Å². The zero-order chi connectivity index (χ0) is 19.0. The van der Waals surface area contributed by atoms with Gasteiger partial charge >= 0.3 is 0 Å². The second-order valence-corrected chi connectivity index (χ2v) is 8.05. The summed E-state index contributed by atoms with van der Waals surface area (Å²) < 4.78 is 11.0. The van der Waals surface area contributed by atoms with Gasteiger partial charge in [-0.25, -0.2) is 0 Å². The van der Waals surface area contributed by atoms with Crippen LogP contribution in [0, 0.1) is 0 Å². The van der Waals surface area contributed by atoms with Crippen LogP contribution < -0.4 is 4.74 Å². The Balaban J connectivity index is 1.43. The minimum Gasteiger partial charge on any atom is -0.493 e. The summed E-state index contributed by atoms with van der Waals surface area (Å²) in [5, 5.41) is 4.77. The van der Waals surface area contributed by atoms with Gasteiger partial charge in [-0.2, -0.15) is 4.98 Å². The quantitative estimate of drug-likeness (QED) is 0.789. The van der Waals surface area contributed by atoms with Crippen molar-refractivity contribution in [1.82, 2.24) is 15.0 Å². The summed E-state index contributed by atoms with van der Waals surface area (Å²) in [5.74, 6) is 2.69. The van der Waals surface area contributed by atoms with Crippen molar-refractivity contribution in [2.45, 2.75) is 50.9 Å². The summed E-state index contributed by atoms with van der Waals surface area (Å²) in [6.45, 7) is 6.06. The fourth-order valence-electron chi connectivity index (χ4n) is 3.85. The van der Waals surface area contributed by atoms with Crippen molar-refractivity contribution in [1.29, 1.82) is 0 Å². The number of nitrogens with zero attached hydrogens (tertiary/aromatic N) is 3. The van der Waals surface area contributed by atoms with Gasteiger partial charge in [0.15, 0.2) is 5.82 Å². The summed E-state index contributed by atoms with van der Waals surface area (Å²) in [6, 6.07) is 5.51. The van der Waals surface area contributed by atoms with Crippen molar-refractivity contribution < 1.29 is 14.1 Å². The van der Waals surface area contributed by atoms with Crippen molar-refractivity contribution >= 4 is 17.5 Å². The van der Waals surface area contributed by atoms with Gasteiger partial charge in [0.1, 0.15) is 5.75 Å². The Morgan fingerprint density at radius 1 is 1.26 bits per heavy atom. The van der Waals surface area contributed by atoms with E-state index in [-0.39, 0.29) is 23.7 Å². The lowest BCUT2D eigenvalue weighted by Crippen LogP contribution is -2.41. The van der Waals surface area contributed by atoms with Gasteiger partial charge in [-0.3, -0.25) is 4.79 Å². The molecular weight excluding hydrogens is 366 g/mol. The maximum Gasteiger partial charge on any atom is 0.230 e. The molecule has 1 saturated heterocycles. The number of hydrogen-bond acceptors (Lipinski definition) is 5. The molecule has 7 heteroatoms. The molecule has 1 unspecified atom stereocenters. The van der Waals surface area contributed by atoms with E-state index in [1.807, 2.05) is 30.9 Å². The Labute approximate surface area is 163 Å². The average molecular weight is 390 g/mol. The van der Waals surface area contributed by atoms with Crippen LogP contribution >= 0.6 is 11.6 Å². The molecule has 1 fully saturated rings. The molecule has 0 N–H and O–H groups in total. The minimum absolute atomic E-state index is 0.163. The number of rotatable bonds is 3. The monoisotopic (exact) mass is 389 g/mol. The van der Waals surface area contributed by atoms with Gasteiger partial charge in [-0.1, -0.05) is 30.6 Å². The zero-order valence-corrected chi connectivity index (χ0v) is 16.4. The number of carbonyl (C=O) groups is 1. The first-order chi connectivity index (χ1) is 13.0. The van der Waals surface area contributed by atoms with Crippen LogP contribution in [-0.2, 0) is 4.79 Å². The third kappa shape index (κ3) is 3.68. The molecule has 2 aliphatic heterocycles. The summed E-state index contributed by atoms with van der Waals surface area (Å²) in [7, 11) is 0. The van der Waals surface area contributed by atoms with Gasteiger partial charge in [0.2, 0.25) is 11.8 Å². The lowest BCUT2D eigenvalue weighted by atomic mass is 9.89. The Bertz CT molecular complexity index is 828. The fourth-order valence-corrected chi connectivity index (χ4v) is 4.03. The van der Waals surface area contributed by atoms with Crippen LogP contribution in [0.1, 0.15) is 68.1 Å². The molecule has 6 nitrogen and oxygen atoms in total. The summed E-state index contributed by atoms with van der Waals surface area (Å²) in [4.78, 5) is 19.6. The highest BCUT2D eigenvalue weighted by molar-refractivity contribution is 6.30. The number of benzene rings is 1. The molecule has 0 radical (unpaired) electrons. The highest BCUT2D eigenvalue weighted by atomic mass is 35.5. The lowest BCUT2D eigenvalue weighted by Gasteiger charge is -2.35. The number of halogens is 1. The minimum atomic E-state index is -0.179. The van der Waals surface area contributed by atoms with Crippen molar-refractivity contribution in [3.05, 3.63) is 40.5 Å². The third-order valence-corrected chi connectivity index (χ3v) is 5.67. The molecule has 144 valence electrons. The average Bonchev–Trinajstić information content (AvgIpc) is 3.18. The second kappa shape index (κ2) is 7.50. The number of hydrogen-bond donors (Lipinski definition) is 0. The predicted molar refractivity (Wildman–Crippen MR) is 101 cm³/mol. The van der Waals surface area contributed by atoms with E-state index in [0.29, 0.717) is 37.0 Å². The van der Waals surface area contributed by atoms with Crippen LogP contribution in [0.3, 0.4) is 0 Å². The van der Waals surface area contributed by atoms with E-state index >= 15 is 0 Å². The Morgan fingerprint density at radius 2 is 2.04 bits per heavy atom. The van der Waals surface area contributed by atoms with E-state index in [9.17, 15) is 4.79 Å². The van der Waals surface area contributed by atoms with Crippen LogP contribution in [0.4, 0.5) is 0 Å². The first-order valence-electron chi connectivity index (χ1n) is 9.57. The zero-order valence-electron chi connectivity index (χ0n) is 15.7. The topological polar surface area (TPSA) is 68.5 Å². The Kier molecular flexibility index (Phi) is 5.08. The van der Waals surface area contributed by atoms with Crippen LogP contribution in [-0.4, -0.2) is 40.6 Å². The Hall–Kier alpha value is -2.08. The highest BCUT2D eigenvalue weighted by Crippen LogP contribution is 2.37. The Morgan fingerprint density at radius 3 is 2.74 bits per heavy atom. The third-order valence-electron chi connectivity index (χ3n) is 5.43.